The van der Waals surface area contributed by atoms with E-state index in [1.54, 1.807) is 18.2 Å². The monoisotopic (exact) mass is 342 g/mol. The summed E-state index contributed by atoms with van der Waals surface area (Å²) in [6.07, 6.45) is 4.51. The zero-order valence-corrected chi connectivity index (χ0v) is 14.3. The molecule has 0 fully saturated rings. The molecule has 0 unspecified atom stereocenters. The highest BCUT2D eigenvalue weighted by Crippen LogP contribution is 2.27. The predicted molar refractivity (Wildman–Crippen MR) is 97.2 cm³/mol. The van der Waals surface area contributed by atoms with Crippen molar-refractivity contribution in [2.24, 2.45) is 0 Å². The molecule has 2 aromatic rings. The first-order chi connectivity index (χ1) is 11.6. The van der Waals surface area contributed by atoms with Crippen molar-refractivity contribution in [3.63, 3.8) is 0 Å². The molecule has 4 heteroatoms. The number of hydrogen-bond acceptors (Lipinski definition) is 3. The smallest absolute Gasteiger partial charge is 0.331 e. The van der Waals surface area contributed by atoms with Gasteiger partial charge in [-0.05, 0) is 41.8 Å². The van der Waals surface area contributed by atoms with Crippen LogP contribution in [0.5, 0.6) is 5.75 Å². The highest BCUT2D eigenvalue weighted by Gasteiger charge is 2.04. The Morgan fingerprint density at radius 3 is 2.75 bits per heavy atom. The zero-order valence-electron chi connectivity index (χ0n) is 13.5. The standard InChI is InChI=1S/C20H19ClO3/c1-3-12-23-20(22)11-9-16-8-10-19(18(21)13-16)24-14-17-7-5-4-6-15(17)2/h3-11,13H,1,12,14H2,2H3/b11-9+. The maximum atomic E-state index is 11.4. The summed E-state index contributed by atoms with van der Waals surface area (Å²) in [7, 11) is 0. The minimum Gasteiger partial charge on any atom is -0.487 e. The first-order valence-corrected chi connectivity index (χ1v) is 7.90. The third kappa shape index (κ3) is 5.28. The molecule has 0 aliphatic heterocycles. The van der Waals surface area contributed by atoms with Gasteiger partial charge in [-0.25, -0.2) is 4.79 Å². The Balaban J connectivity index is 1.99. The lowest BCUT2D eigenvalue weighted by molar-refractivity contribution is -0.136. The van der Waals surface area contributed by atoms with Gasteiger partial charge in [0.2, 0.25) is 0 Å². The first-order valence-electron chi connectivity index (χ1n) is 7.52. The first kappa shape index (κ1) is 17.8. The highest BCUT2D eigenvalue weighted by molar-refractivity contribution is 6.32. The molecule has 0 aromatic heterocycles. The minimum atomic E-state index is -0.425. The molecular weight excluding hydrogens is 324 g/mol. The summed E-state index contributed by atoms with van der Waals surface area (Å²) >= 11 is 6.25. The van der Waals surface area contributed by atoms with Gasteiger partial charge in [-0.3, -0.25) is 0 Å². The van der Waals surface area contributed by atoms with Gasteiger partial charge in [0.25, 0.3) is 0 Å². The average molecular weight is 343 g/mol. The molecular formula is C20H19ClO3. The third-order valence-corrected chi connectivity index (χ3v) is 3.65. The number of ether oxygens (including phenoxy) is 2. The molecule has 0 atom stereocenters. The highest BCUT2D eigenvalue weighted by atomic mass is 35.5. The number of rotatable bonds is 7. The number of esters is 1. The van der Waals surface area contributed by atoms with Crippen molar-refractivity contribution in [2.45, 2.75) is 13.5 Å². The Bertz CT molecular complexity index is 750. The summed E-state index contributed by atoms with van der Waals surface area (Å²) < 4.78 is 10.6. The van der Waals surface area contributed by atoms with Gasteiger partial charge in [-0.2, -0.15) is 0 Å². The van der Waals surface area contributed by atoms with Crippen LogP contribution in [0.1, 0.15) is 16.7 Å². The number of benzene rings is 2. The normalized spacial score (nSPS) is 10.6. The lowest BCUT2D eigenvalue weighted by Gasteiger charge is -2.10. The van der Waals surface area contributed by atoms with Crippen LogP contribution in [0.2, 0.25) is 5.02 Å². The lowest BCUT2D eigenvalue weighted by atomic mass is 10.1. The summed E-state index contributed by atoms with van der Waals surface area (Å²) in [5.41, 5.74) is 3.08. The van der Waals surface area contributed by atoms with Gasteiger partial charge < -0.3 is 9.47 Å². The van der Waals surface area contributed by atoms with Crippen molar-refractivity contribution in [3.8, 4) is 5.75 Å². The average Bonchev–Trinajstić information content (AvgIpc) is 2.58. The van der Waals surface area contributed by atoms with E-state index >= 15 is 0 Å². The second kappa shape index (κ2) is 8.94. The molecule has 0 aliphatic rings. The van der Waals surface area contributed by atoms with Crippen LogP contribution in [-0.2, 0) is 16.1 Å². The van der Waals surface area contributed by atoms with Crippen molar-refractivity contribution in [1.29, 1.82) is 0 Å². The van der Waals surface area contributed by atoms with Crippen molar-refractivity contribution in [3.05, 3.63) is 82.9 Å². The third-order valence-electron chi connectivity index (χ3n) is 3.36. The maximum absolute atomic E-state index is 11.4. The lowest BCUT2D eigenvalue weighted by Crippen LogP contribution is -1.99. The van der Waals surface area contributed by atoms with Crippen LogP contribution >= 0.6 is 11.6 Å². The van der Waals surface area contributed by atoms with E-state index in [1.807, 2.05) is 37.3 Å². The van der Waals surface area contributed by atoms with Crippen LogP contribution < -0.4 is 4.74 Å². The molecule has 0 amide bonds. The van der Waals surface area contributed by atoms with E-state index in [0.717, 1.165) is 11.1 Å². The number of aryl methyl sites for hydroxylation is 1. The van der Waals surface area contributed by atoms with Crippen molar-refractivity contribution < 1.29 is 14.3 Å². The summed E-state index contributed by atoms with van der Waals surface area (Å²) in [5, 5.41) is 0.491. The molecule has 3 nitrogen and oxygen atoms in total. The summed E-state index contributed by atoms with van der Waals surface area (Å²) in [6.45, 7) is 6.17. The molecule has 2 rings (SSSR count). The van der Waals surface area contributed by atoms with Gasteiger partial charge >= 0.3 is 5.97 Å². The maximum Gasteiger partial charge on any atom is 0.331 e. The van der Waals surface area contributed by atoms with E-state index in [9.17, 15) is 4.79 Å². The Kier molecular flexibility index (Phi) is 6.64. The van der Waals surface area contributed by atoms with E-state index < -0.39 is 5.97 Å². The molecule has 0 saturated heterocycles. The van der Waals surface area contributed by atoms with E-state index in [-0.39, 0.29) is 6.61 Å². The fraction of sp³-hybridized carbons (Fsp3) is 0.150. The summed E-state index contributed by atoms with van der Waals surface area (Å²) in [4.78, 5) is 11.4. The minimum absolute atomic E-state index is 0.190. The van der Waals surface area contributed by atoms with Gasteiger partial charge in [0.15, 0.2) is 0 Å². The van der Waals surface area contributed by atoms with Crippen LogP contribution in [0, 0.1) is 6.92 Å². The SMILES string of the molecule is C=CCOC(=O)/C=C/c1ccc(OCc2ccccc2C)c(Cl)c1. The van der Waals surface area contributed by atoms with Gasteiger partial charge in [0.1, 0.15) is 19.0 Å². The van der Waals surface area contributed by atoms with E-state index in [1.165, 1.54) is 17.7 Å². The molecule has 0 bridgehead atoms. The second-order valence-electron chi connectivity index (χ2n) is 5.16. The molecule has 0 heterocycles. The van der Waals surface area contributed by atoms with Crippen LogP contribution in [0.3, 0.4) is 0 Å². The second-order valence-corrected chi connectivity index (χ2v) is 5.56. The molecule has 24 heavy (non-hydrogen) atoms. The van der Waals surface area contributed by atoms with Crippen LogP contribution in [0.4, 0.5) is 0 Å². The molecule has 0 saturated carbocycles. The zero-order chi connectivity index (χ0) is 17.4. The Hall–Kier alpha value is -2.52. The fourth-order valence-corrected chi connectivity index (χ4v) is 2.26. The Morgan fingerprint density at radius 2 is 2.04 bits per heavy atom. The van der Waals surface area contributed by atoms with Crippen molar-refractivity contribution in [1.82, 2.24) is 0 Å². The quantitative estimate of drug-likeness (QED) is 0.405. The molecule has 0 N–H and O–H groups in total. The Morgan fingerprint density at radius 1 is 1.25 bits per heavy atom. The summed E-state index contributed by atoms with van der Waals surface area (Å²) in [6, 6.07) is 13.4. The van der Waals surface area contributed by atoms with Crippen molar-refractivity contribution >= 4 is 23.6 Å². The van der Waals surface area contributed by atoms with Gasteiger partial charge in [-0.1, -0.05) is 54.6 Å². The van der Waals surface area contributed by atoms with E-state index in [0.29, 0.717) is 17.4 Å². The van der Waals surface area contributed by atoms with Crippen LogP contribution in [0.15, 0.2) is 61.2 Å². The molecule has 0 radical (unpaired) electrons. The molecule has 124 valence electrons. The van der Waals surface area contributed by atoms with E-state index in [2.05, 4.69) is 6.58 Å². The topological polar surface area (TPSA) is 35.5 Å². The number of carbonyl (C=O) groups excluding carboxylic acids is 1. The largest absolute Gasteiger partial charge is 0.487 e. The van der Waals surface area contributed by atoms with Crippen molar-refractivity contribution in [2.75, 3.05) is 6.61 Å². The van der Waals surface area contributed by atoms with Crippen LogP contribution in [0.25, 0.3) is 6.08 Å². The molecule has 0 aliphatic carbocycles. The van der Waals surface area contributed by atoms with Gasteiger partial charge in [0, 0.05) is 6.08 Å². The fourth-order valence-electron chi connectivity index (χ4n) is 2.02. The summed E-state index contributed by atoms with van der Waals surface area (Å²) in [5.74, 6) is 0.178. The number of halogens is 1. The number of hydrogen-bond donors (Lipinski definition) is 0. The molecule has 2 aromatic carbocycles. The van der Waals surface area contributed by atoms with Crippen LogP contribution in [-0.4, -0.2) is 12.6 Å². The molecule has 0 spiro atoms. The van der Waals surface area contributed by atoms with Gasteiger partial charge in [-0.15, -0.1) is 0 Å². The predicted octanol–water partition coefficient (Wildman–Crippen LogP) is 4.97. The number of carbonyl (C=O) groups is 1. The van der Waals surface area contributed by atoms with Gasteiger partial charge in [0.05, 0.1) is 5.02 Å². The van der Waals surface area contributed by atoms with E-state index in [4.69, 9.17) is 21.1 Å². The Labute approximate surface area is 147 Å².